The molecule has 8 heteroatoms. The molecule has 0 atom stereocenters. The summed E-state index contributed by atoms with van der Waals surface area (Å²) in [6.07, 6.45) is 0. The molecule has 7 nitrogen and oxygen atoms in total. The van der Waals surface area contributed by atoms with Gasteiger partial charge in [-0.1, -0.05) is 6.92 Å². The summed E-state index contributed by atoms with van der Waals surface area (Å²) in [5, 5.41) is 0. The topological polar surface area (TPSA) is 73.0 Å². The number of amides is 1. The summed E-state index contributed by atoms with van der Waals surface area (Å²) in [4.78, 5) is 18.8. The third-order valence-corrected chi connectivity index (χ3v) is 5.85. The van der Waals surface area contributed by atoms with Gasteiger partial charge in [0, 0.05) is 44.8 Å². The lowest BCUT2D eigenvalue weighted by Gasteiger charge is -2.34. The second kappa shape index (κ2) is 8.75. The minimum atomic E-state index is -3.54. The maximum atomic E-state index is 12.5. The van der Waals surface area contributed by atoms with Crippen molar-refractivity contribution in [1.82, 2.24) is 19.4 Å². The fraction of sp³-hybridized carbons (Fsp3) is 0.588. The molecule has 0 radical (unpaired) electrons. The molecule has 1 aromatic rings. The maximum absolute atomic E-state index is 12.5. The molecule has 0 saturated carbocycles. The summed E-state index contributed by atoms with van der Waals surface area (Å²) < 4.78 is 27.0. The number of nitrogens with one attached hydrogen (secondary N) is 1. The van der Waals surface area contributed by atoms with Gasteiger partial charge in [-0.25, -0.2) is 13.1 Å². The van der Waals surface area contributed by atoms with Crippen molar-refractivity contribution in [3.63, 3.8) is 0 Å². The zero-order chi connectivity index (χ0) is 18.4. The molecule has 1 amide bonds. The lowest BCUT2D eigenvalue weighted by molar-refractivity contribution is 0.0643. The van der Waals surface area contributed by atoms with Crippen LogP contribution in [0.5, 0.6) is 0 Å². The predicted octanol–water partition coefficient (Wildman–Crippen LogP) is 0.304. The largest absolute Gasteiger partial charge is 0.336 e. The van der Waals surface area contributed by atoms with Crippen LogP contribution in [0.25, 0.3) is 0 Å². The molecule has 1 N–H and O–H groups in total. The molecule has 25 heavy (non-hydrogen) atoms. The molecular formula is C17H28N4O3S. The van der Waals surface area contributed by atoms with E-state index in [1.165, 1.54) is 12.1 Å². The van der Waals surface area contributed by atoms with Gasteiger partial charge in [-0.15, -0.1) is 0 Å². The Balaban J connectivity index is 1.98. The number of carbonyl (C=O) groups excluding carboxylic acids is 1. The van der Waals surface area contributed by atoms with Gasteiger partial charge in [0.05, 0.1) is 4.90 Å². The highest BCUT2D eigenvalue weighted by atomic mass is 32.2. The van der Waals surface area contributed by atoms with Gasteiger partial charge in [0.2, 0.25) is 10.0 Å². The highest BCUT2D eigenvalue weighted by Crippen LogP contribution is 2.13. The molecule has 0 aromatic heterocycles. The third kappa shape index (κ3) is 5.50. The summed E-state index contributed by atoms with van der Waals surface area (Å²) in [6, 6.07) is 6.17. The number of hydrogen-bond donors (Lipinski definition) is 1. The summed E-state index contributed by atoms with van der Waals surface area (Å²) in [7, 11) is 0.226. The smallest absolute Gasteiger partial charge is 0.253 e. The van der Waals surface area contributed by atoms with Crippen LogP contribution in [-0.2, 0) is 10.0 Å². The van der Waals surface area contributed by atoms with Gasteiger partial charge in [0.1, 0.15) is 0 Å². The van der Waals surface area contributed by atoms with Crippen LogP contribution in [0.1, 0.15) is 17.3 Å². The van der Waals surface area contributed by atoms with Gasteiger partial charge in [0.15, 0.2) is 0 Å². The summed E-state index contributed by atoms with van der Waals surface area (Å²) in [6.45, 7) is 7.25. The molecule has 1 fully saturated rings. The van der Waals surface area contributed by atoms with Gasteiger partial charge in [-0.05, 0) is 44.9 Å². The van der Waals surface area contributed by atoms with Gasteiger partial charge in [0.25, 0.3) is 5.91 Å². The van der Waals surface area contributed by atoms with Crippen LogP contribution >= 0.6 is 0 Å². The number of sulfonamides is 1. The van der Waals surface area contributed by atoms with Gasteiger partial charge < -0.3 is 14.7 Å². The van der Waals surface area contributed by atoms with Crippen LogP contribution in [0.4, 0.5) is 0 Å². The van der Waals surface area contributed by atoms with Crippen molar-refractivity contribution in [2.45, 2.75) is 11.8 Å². The second-order valence-electron chi connectivity index (χ2n) is 6.45. The van der Waals surface area contributed by atoms with Crippen molar-refractivity contribution in [2.75, 3.05) is 59.9 Å². The van der Waals surface area contributed by atoms with Crippen molar-refractivity contribution in [3.05, 3.63) is 29.8 Å². The van der Waals surface area contributed by atoms with Crippen LogP contribution in [-0.4, -0.2) is 88.9 Å². The zero-order valence-electron chi connectivity index (χ0n) is 15.2. The maximum Gasteiger partial charge on any atom is 0.253 e. The number of hydrogen-bond acceptors (Lipinski definition) is 5. The van der Waals surface area contributed by atoms with E-state index in [4.69, 9.17) is 0 Å². The molecule has 1 aliphatic heterocycles. The van der Waals surface area contributed by atoms with E-state index in [-0.39, 0.29) is 10.8 Å². The van der Waals surface area contributed by atoms with E-state index in [9.17, 15) is 13.2 Å². The second-order valence-corrected chi connectivity index (χ2v) is 8.22. The standard InChI is InChI=1S/C17H28N4O3S/c1-4-20-11-13-21(14-12-20)17(22)15-5-7-16(8-6-15)25(23,24)18-9-10-19(2)3/h5-8,18H,4,9-14H2,1-3H3. The van der Waals surface area contributed by atoms with E-state index in [0.29, 0.717) is 31.7 Å². The number of likely N-dealkylation sites (N-methyl/N-ethyl adjacent to an activating group) is 2. The van der Waals surface area contributed by atoms with E-state index in [0.717, 1.165) is 19.6 Å². The molecule has 140 valence electrons. The Kier molecular flexibility index (Phi) is 6.95. The van der Waals surface area contributed by atoms with E-state index in [2.05, 4.69) is 16.5 Å². The van der Waals surface area contributed by atoms with Crippen LogP contribution in [0.3, 0.4) is 0 Å². The Labute approximate surface area is 150 Å². The first-order chi connectivity index (χ1) is 11.8. The van der Waals surface area contributed by atoms with Crippen LogP contribution in [0.15, 0.2) is 29.2 Å². The average molecular weight is 369 g/mol. The summed E-state index contributed by atoms with van der Waals surface area (Å²) >= 11 is 0. The highest BCUT2D eigenvalue weighted by molar-refractivity contribution is 7.89. The van der Waals surface area contributed by atoms with Crippen molar-refractivity contribution < 1.29 is 13.2 Å². The minimum absolute atomic E-state index is 0.0414. The Hall–Kier alpha value is -1.48. The lowest BCUT2D eigenvalue weighted by atomic mass is 10.2. The van der Waals surface area contributed by atoms with Crippen LogP contribution in [0.2, 0.25) is 0 Å². The van der Waals surface area contributed by atoms with Gasteiger partial charge >= 0.3 is 0 Å². The number of carbonyl (C=O) groups is 1. The van der Waals surface area contributed by atoms with Crippen LogP contribution in [0, 0.1) is 0 Å². The van der Waals surface area contributed by atoms with Crippen molar-refractivity contribution in [1.29, 1.82) is 0 Å². The van der Waals surface area contributed by atoms with Crippen molar-refractivity contribution in [2.24, 2.45) is 0 Å². The summed E-state index contributed by atoms with van der Waals surface area (Å²) in [5.74, 6) is -0.0414. The molecule has 1 heterocycles. The number of nitrogens with zero attached hydrogens (tertiary/aromatic N) is 3. The molecule has 0 bridgehead atoms. The molecule has 0 spiro atoms. The minimum Gasteiger partial charge on any atom is -0.336 e. The first-order valence-corrected chi connectivity index (χ1v) is 10.1. The quantitative estimate of drug-likeness (QED) is 0.750. The molecule has 0 aliphatic carbocycles. The Morgan fingerprint density at radius 3 is 2.24 bits per heavy atom. The highest BCUT2D eigenvalue weighted by Gasteiger charge is 2.22. The molecule has 2 rings (SSSR count). The SMILES string of the molecule is CCN1CCN(C(=O)c2ccc(S(=O)(=O)NCCN(C)C)cc2)CC1. The molecule has 0 unspecified atom stereocenters. The first-order valence-electron chi connectivity index (χ1n) is 8.59. The normalized spacial score (nSPS) is 16.4. The van der Waals surface area contributed by atoms with E-state index >= 15 is 0 Å². The van der Waals surface area contributed by atoms with Gasteiger partial charge in [-0.3, -0.25) is 4.79 Å². The number of rotatable bonds is 7. The van der Waals surface area contributed by atoms with E-state index in [1.54, 1.807) is 12.1 Å². The fourth-order valence-corrected chi connectivity index (χ4v) is 3.73. The van der Waals surface area contributed by atoms with E-state index < -0.39 is 10.0 Å². The average Bonchev–Trinajstić information content (AvgIpc) is 2.61. The number of benzene rings is 1. The molecule has 1 aromatic carbocycles. The van der Waals surface area contributed by atoms with Crippen molar-refractivity contribution >= 4 is 15.9 Å². The van der Waals surface area contributed by atoms with Crippen LogP contribution < -0.4 is 4.72 Å². The predicted molar refractivity (Wildman–Crippen MR) is 98.2 cm³/mol. The zero-order valence-corrected chi connectivity index (χ0v) is 16.1. The van der Waals surface area contributed by atoms with E-state index in [1.807, 2.05) is 23.9 Å². The fourth-order valence-electron chi connectivity index (χ4n) is 2.71. The van der Waals surface area contributed by atoms with Crippen molar-refractivity contribution in [3.8, 4) is 0 Å². The molecule has 1 saturated heterocycles. The summed E-state index contributed by atoms with van der Waals surface area (Å²) in [5.41, 5.74) is 0.525. The third-order valence-electron chi connectivity index (χ3n) is 4.37. The Morgan fingerprint density at radius 1 is 1.12 bits per heavy atom. The number of piperazine rings is 1. The van der Waals surface area contributed by atoms with Gasteiger partial charge in [-0.2, -0.15) is 0 Å². The molecular weight excluding hydrogens is 340 g/mol. The lowest BCUT2D eigenvalue weighted by Crippen LogP contribution is -2.48. The Morgan fingerprint density at radius 2 is 1.72 bits per heavy atom. The first kappa shape index (κ1) is 19.8. The monoisotopic (exact) mass is 368 g/mol. The molecule has 1 aliphatic rings. The Bertz CT molecular complexity index is 666.